The summed E-state index contributed by atoms with van der Waals surface area (Å²) < 4.78 is 0. The number of nitrogens with zero attached hydrogens (tertiary/aromatic N) is 2. The number of hydrogen-bond donors (Lipinski definition) is 2. The molecule has 0 aliphatic rings. The Labute approximate surface area is 119 Å². The van der Waals surface area contributed by atoms with E-state index < -0.39 is 0 Å². The zero-order valence-electron chi connectivity index (χ0n) is 11.8. The lowest BCUT2D eigenvalue weighted by Crippen LogP contribution is -2.36. The van der Waals surface area contributed by atoms with Crippen molar-refractivity contribution < 1.29 is 4.79 Å². The number of pyridine rings is 1. The minimum absolute atomic E-state index is 0.180. The fourth-order valence-electron chi connectivity index (χ4n) is 1.45. The first-order chi connectivity index (χ1) is 8.95. The second-order valence-electron chi connectivity index (χ2n) is 4.63. The Morgan fingerprint density at radius 2 is 2.21 bits per heavy atom. The second kappa shape index (κ2) is 7.31. The molecule has 2 N–H and O–H groups in total. The van der Waals surface area contributed by atoms with Crippen molar-refractivity contribution in [2.75, 3.05) is 32.5 Å². The van der Waals surface area contributed by atoms with Crippen LogP contribution in [0.1, 0.15) is 24.2 Å². The largest absolute Gasteiger partial charge is 0.373 e. The van der Waals surface area contributed by atoms with Crippen LogP contribution in [-0.2, 0) is 0 Å². The summed E-state index contributed by atoms with van der Waals surface area (Å²) in [7, 11) is 3.77. The Morgan fingerprint density at radius 1 is 1.53 bits per heavy atom. The smallest absolute Gasteiger partial charge is 0.253 e. The predicted octanol–water partition coefficient (Wildman–Crippen LogP) is 1.85. The number of nitrogens with one attached hydrogen (secondary N) is 2. The molecule has 0 unspecified atom stereocenters. The van der Waals surface area contributed by atoms with Gasteiger partial charge in [0.25, 0.3) is 5.91 Å². The molecule has 0 saturated heterocycles. The predicted molar refractivity (Wildman–Crippen MR) is 78.9 cm³/mol. The van der Waals surface area contributed by atoms with Crippen molar-refractivity contribution >= 4 is 23.3 Å². The molecule has 0 fully saturated rings. The maximum Gasteiger partial charge on any atom is 0.253 e. The van der Waals surface area contributed by atoms with Crippen molar-refractivity contribution in [2.45, 2.75) is 19.9 Å². The van der Waals surface area contributed by atoms with Crippen LogP contribution in [0.3, 0.4) is 0 Å². The van der Waals surface area contributed by atoms with E-state index >= 15 is 0 Å². The summed E-state index contributed by atoms with van der Waals surface area (Å²) >= 11 is 5.98. The molecular formula is C13H21ClN4O. The molecule has 0 bridgehead atoms. The van der Waals surface area contributed by atoms with Crippen LogP contribution in [0.5, 0.6) is 0 Å². The number of halogens is 1. The van der Waals surface area contributed by atoms with Gasteiger partial charge in [0.15, 0.2) is 0 Å². The van der Waals surface area contributed by atoms with Gasteiger partial charge >= 0.3 is 0 Å². The number of rotatable bonds is 6. The van der Waals surface area contributed by atoms with Crippen LogP contribution in [-0.4, -0.2) is 49.0 Å². The highest BCUT2D eigenvalue weighted by molar-refractivity contribution is 6.33. The number of aromatic nitrogens is 1. The molecular weight excluding hydrogens is 264 g/mol. The molecule has 0 radical (unpaired) electrons. The molecule has 5 nitrogen and oxygen atoms in total. The highest BCUT2D eigenvalue weighted by Gasteiger charge is 2.12. The minimum Gasteiger partial charge on any atom is -0.373 e. The van der Waals surface area contributed by atoms with E-state index in [9.17, 15) is 4.79 Å². The van der Waals surface area contributed by atoms with Crippen LogP contribution in [0.2, 0.25) is 5.02 Å². The lowest BCUT2D eigenvalue weighted by atomic mass is 10.2. The third kappa shape index (κ3) is 4.69. The molecule has 1 amide bonds. The number of carbonyl (C=O) groups excluding carboxylic acids is 1. The van der Waals surface area contributed by atoms with Crippen molar-refractivity contribution in [3.8, 4) is 0 Å². The van der Waals surface area contributed by atoms with E-state index in [1.165, 1.54) is 6.20 Å². The van der Waals surface area contributed by atoms with Gasteiger partial charge in [-0.1, -0.05) is 11.6 Å². The fraction of sp³-hybridized carbons (Fsp3) is 0.538. The Bertz CT molecular complexity index is 437. The first kappa shape index (κ1) is 15.7. The molecule has 19 heavy (non-hydrogen) atoms. The maximum atomic E-state index is 12.0. The van der Waals surface area contributed by atoms with E-state index in [0.29, 0.717) is 29.0 Å². The average molecular weight is 285 g/mol. The number of likely N-dealkylation sites (N-methyl/N-ethyl adjacent to an activating group) is 1. The number of hydrogen-bond acceptors (Lipinski definition) is 4. The molecule has 1 heterocycles. The topological polar surface area (TPSA) is 57.3 Å². The molecule has 0 aromatic carbocycles. The van der Waals surface area contributed by atoms with Crippen LogP contribution in [0, 0.1) is 0 Å². The van der Waals surface area contributed by atoms with E-state index in [1.807, 2.05) is 7.05 Å². The summed E-state index contributed by atoms with van der Waals surface area (Å²) in [4.78, 5) is 18.2. The van der Waals surface area contributed by atoms with Gasteiger partial charge < -0.3 is 15.5 Å². The lowest BCUT2D eigenvalue weighted by Gasteiger charge is -2.20. The minimum atomic E-state index is -0.180. The first-order valence-electron chi connectivity index (χ1n) is 6.27. The third-order valence-electron chi connectivity index (χ3n) is 2.99. The van der Waals surface area contributed by atoms with Crippen LogP contribution < -0.4 is 10.6 Å². The number of anilines is 1. The summed E-state index contributed by atoms with van der Waals surface area (Å²) in [5, 5.41) is 6.09. The quantitative estimate of drug-likeness (QED) is 0.837. The average Bonchev–Trinajstić information content (AvgIpc) is 2.38. The molecule has 0 atom stereocenters. The highest BCUT2D eigenvalue weighted by Crippen LogP contribution is 2.17. The molecule has 1 aromatic rings. The van der Waals surface area contributed by atoms with Gasteiger partial charge in [-0.05, 0) is 27.0 Å². The molecule has 106 valence electrons. The van der Waals surface area contributed by atoms with Crippen LogP contribution >= 0.6 is 11.6 Å². The zero-order chi connectivity index (χ0) is 14.4. The van der Waals surface area contributed by atoms with Gasteiger partial charge in [-0.25, -0.2) is 4.98 Å². The van der Waals surface area contributed by atoms with Gasteiger partial charge in [0.2, 0.25) is 0 Å². The van der Waals surface area contributed by atoms with Crippen molar-refractivity contribution in [3.05, 3.63) is 22.8 Å². The molecule has 0 spiro atoms. The van der Waals surface area contributed by atoms with Crippen molar-refractivity contribution in [1.82, 2.24) is 15.2 Å². The van der Waals surface area contributed by atoms with Gasteiger partial charge in [0.05, 0.1) is 10.6 Å². The first-order valence-corrected chi connectivity index (χ1v) is 6.65. The lowest BCUT2D eigenvalue weighted by molar-refractivity contribution is 0.0948. The molecule has 0 aliphatic carbocycles. The second-order valence-corrected chi connectivity index (χ2v) is 5.04. The molecule has 1 rings (SSSR count). The summed E-state index contributed by atoms with van der Waals surface area (Å²) in [6.07, 6.45) is 1.47. The highest BCUT2D eigenvalue weighted by atomic mass is 35.5. The number of carbonyl (C=O) groups is 1. The van der Waals surface area contributed by atoms with E-state index in [-0.39, 0.29) is 5.91 Å². The molecule has 1 aromatic heterocycles. The Morgan fingerprint density at radius 3 is 2.79 bits per heavy atom. The summed E-state index contributed by atoms with van der Waals surface area (Å²) in [6.45, 7) is 5.60. The van der Waals surface area contributed by atoms with Gasteiger partial charge in [0.1, 0.15) is 5.82 Å². The summed E-state index contributed by atoms with van der Waals surface area (Å²) in [5.74, 6) is 0.440. The monoisotopic (exact) mass is 284 g/mol. The normalized spacial score (nSPS) is 10.9. The standard InChI is InChI=1S/C13H21ClN4O/c1-9(2)18(4)6-5-16-13(19)10-7-12(15-3)17-8-11(10)14/h7-9H,5-6H2,1-4H3,(H,15,17)(H,16,19). The van der Waals surface area contributed by atoms with E-state index in [2.05, 4.69) is 34.4 Å². The van der Waals surface area contributed by atoms with Gasteiger partial charge in [-0.3, -0.25) is 4.79 Å². The molecule has 0 saturated carbocycles. The maximum absolute atomic E-state index is 12.0. The Kier molecular flexibility index (Phi) is 6.05. The SMILES string of the molecule is CNc1cc(C(=O)NCCN(C)C(C)C)c(Cl)cn1. The van der Waals surface area contributed by atoms with Crippen molar-refractivity contribution in [2.24, 2.45) is 0 Å². The van der Waals surface area contributed by atoms with Crippen LogP contribution in [0.25, 0.3) is 0 Å². The van der Waals surface area contributed by atoms with Crippen LogP contribution in [0.4, 0.5) is 5.82 Å². The Balaban J connectivity index is 2.58. The zero-order valence-corrected chi connectivity index (χ0v) is 12.6. The van der Waals surface area contributed by atoms with E-state index in [1.54, 1.807) is 13.1 Å². The summed E-state index contributed by atoms with van der Waals surface area (Å²) in [6, 6.07) is 2.10. The third-order valence-corrected chi connectivity index (χ3v) is 3.29. The number of amides is 1. The van der Waals surface area contributed by atoms with Gasteiger partial charge in [0, 0.05) is 32.4 Å². The van der Waals surface area contributed by atoms with Crippen molar-refractivity contribution in [1.29, 1.82) is 0 Å². The van der Waals surface area contributed by atoms with Crippen molar-refractivity contribution in [3.63, 3.8) is 0 Å². The fourth-order valence-corrected chi connectivity index (χ4v) is 1.64. The van der Waals surface area contributed by atoms with Gasteiger partial charge in [-0.2, -0.15) is 0 Å². The van der Waals surface area contributed by atoms with E-state index in [4.69, 9.17) is 11.6 Å². The van der Waals surface area contributed by atoms with Crippen LogP contribution in [0.15, 0.2) is 12.3 Å². The molecule has 6 heteroatoms. The Hall–Kier alpha value is -1.33. The van der Waals surface area contributed by atoms with E-state index in [0.717, 1.165) is 6.54 Å². The molecule has 0 aliphatic heterocycles. The summed E-state index contributed by atoms with van der Waals surface area (Å²) in [5.41, 5.74) is 0.438. The van der Waals surface area contributed by atoms with Gasteiger partial charge in [-0.15, -0.1) is 0 Å².